The molecule has 0 aliphatic carbocycles. The molecule has 2 N–H and O–H groups in total. The second-order valence-corrected chi connectivity index (χ2v) is 7.69. The number of para-hydroxylation sites is 1. The van der Waals surface area contributed by atoms with Crippen LogP contribution in [0.4, 0.5) is 10.5 Å². The van der Waals surface area contributed by atoms with Crippen molar-refractivity contribution in [3.8, 4) is 0 Å². The van der Waals surface area contributed by atoms with Gasteiger partial charge in [0.25, 0.3) is 0 Å². The summed E-state index contributed by atoms with van der Waals surface area (Å²) in [6.45, 7) is 2.47. The number of fused-ring (bicyclic) bond motifs is 4. The van der Waals surface area contributed by atoms with Gasteiger partial charge in [-0.15, -0.1) is 0 Å². The first-order valence-electron chi connectivity index (χ1n) is 10.7. The quantitative estimate of drug-likeness (QED) is 0.437. The summed E-state index contributed by atoms with van der Waals surface area (Å²) >= 11 is 0. The van der Waals surface area contributed by atoms with E-state index in [0.717, 1.165) is 32.9 Å². The number of amides is 2. The van der Waals surface area contributed by atoms with Gasteiger partial charge < -0.3 is 15.0 Å². The number of ether oxygens (including phenoxy) is 1. The molecule has 160 valence electrons. The van der Waals surface area contributed by atoms with Gasteiger partial charge >= 0.3 is 12.0 Å². The molecule has 1 aliphatic heterocycles. The predicted octanol–water partition coefficient (Wildman–Crippen LogP) is 5.32. The Bertz CT molecular complexity index is 1360. The summed E-state index contributed by atoms with van der Waals surface area (Å²) in [5.41, 5.74) is 3.77. The second-order valence-electron chi connectivity index (χ2n) is 7.69. The summed E-state index contributed by atoms with van der Waals surface area (Å²) in [5, 5.41) is 6.07. The topological polar surface area (TPSA) is 74.4 Å². The third-order valence-corrected chi connectivity index (χ3v) is 5.76. The predicted molar refractivity (Wildman–Crippen MR) is 126 cm³/mol. The number of aromatic nitrogens is 1. The number of rotatable bonds is 3. The number of H-pyrrole nitrogens is 1. The van der Waals surface area contributed by atoms with Crippen molar-refractivity contribution in [1.82, 2.24) is 9.88 Å². The molecule has 0 unspecified atom stereocenters. The van der Waals surface area contributed by atoms with Crippen LogP contribution in [0.3, 0.4) is 0 Å². The van der Waals surface area contributed by atoms with Gasteiger partial charge in [0.15, 0.2) is 0 Å². The van der Waals surface area contributed by atoms with Crippen molar-refractivity contribution in [2.75, 3.05) is 18.5 Å². The Morgan fingerprint density at radius 3 is 2.59 bits per heavy atom. The van der Waals surface area contributed by atoms with Gasteiger partial charge in [-0.25, -0.2) is 9.59 Å². The van der Waals surface area contributed by atoms with Crippen LogP contribution in [-0.2, 0) is 16.0 Å². The fraction of sp³-hybridized carbons (Fsp3) is 0.154. The van der Waals surface area contributed by atoms with E-state index in [4.69, 9.17) is 4.74 Å². The highest BCUT2D eigenvalue weighted by molar-refractivity contribution is 6.18. The van der Waals surface area contributed by atoms with Crippen LogP contribution in [0.25, 0.3) is 27.2 Å². The molecule has 0 saturated heterocycles. The van der Waals surface area contributed by atoms with Crippen LogP contribution in [0.2, 0.25) is 0 Å². The van der Waals surface area contributed by atoms with Crippen molar-refractivity contribution in [3.05, 3.63) is 84.2 Å². The molecule has 0 saturated carbocycles. The maximum Gasteiger partial charge on any atom is 0.341 e. The van der Waals surface area contributed by atoms with Crippen molar-refractivity contribution in [2.24, 2.45) is 0 Å². The van der Waals surface area contributed by atoms with Crippen LogP contribution < -0.4 is 5.32 Å². The molecular weight excluding hydrogens is 402 g/mol. The van der Waals surface area contributed by atoms with E-state index in [1.54, 1.807) is 18.0 Å². The number of carbonyl (C=O) groups is 2. The number of nitrogens with one attached hydrogen (secondary N) is 2. The molecule has 0 spiro atoms. The third kappa shape index (κ3) is 3.50. The zero-order valence-corrected chi connectivity index (χ0v) is 17.7. The van der Waals surface area contributed by atoms with Gasteiger partial charge in [-0.05, 0) is 36.4 Å². The standard InChI is InChI=1S/C26H23N3O3/c1-2-32-25(30)21-16-29(15-14-20-19-11-5-6-12-23(19)27-24(20)21)26(31)28-22-13-7-9-17-8-3-4-10-18(17)22/h3-13,16,27H,2,14-15H2,1H3,(H,28,31). The number of urea groups is 1. The molecule has 0 atom stereocenters. The highest BCUT2D eigenvalue weighted by atomic mass is 16.5. The van der Waals surface area contributed by atoms with Crippen LogP contribution in [0, 0.1) is 0 Å². The third-order valence-electron chi connectivity index (χ3n) is 5.76. The largest absolute Gasteiger partial charge is 0.462 e. The van der Waals surface area contributed by atoms with E-state index >= 15 is 0 Å². The molecule has 1 aromatic heterocycles. The van der Waals surface area contributed by atoms with E-state index in [9.17, 15) is 9.59 Å². The van der Waals surface area contributed by atoms with Crippen molar-refractivity contribution in [2.45, 2.75) is 13.3 Å². The first-order valence-corrected chi connectivity index (χ1v) is 10.7. The lowest BCUT2D eigenvalue weighted by molar-refractivity contribution is -0.136. The van der Waals surface area contributed by atoms with Gasteiger partial charge in [0.1, 0.15) is 0 Å². The van der Waals surface area contributed by atoms with Crippen molar-refractivity contribution in [3.63, 3.8) is 0 Å². The van der Waals surface area contributed by atoms with Gasteiger partial charge in [0.2, 0.25) is 0 Å². The molecule has 3 aromatic carbocycles. The Morgan fingerprint density at radius 2 is 1.75 bits per heavy atom. The zero-order chi connectivity index (χ0) is 22.1. The number of benzene rings is 3. The van der Waals surface area contributed by atoms with Crippen LogP contribution in [0.5, 0.6) is 0 Å². The van der Waals surface area contributed by atoms with Crippen LogP contribution in [-0.4, -0.2) is 35.0 Å². The molecule has 0 radical (unpaired) electrons. The molecule has 6 nitrogen and oxygen atoms in total. The van der Waals surface area contributed by atoms with E-state index in [1.807, 2.05) is 66.7 Å². The fourth-order valence-electron chi connectivity index (χ4n) is 4.25. The molecule has 4 aromatic rings. The Labute approximate surface area is 185 Å². The second kappa shape index (κ2) is 8.23. The maximum atomic E-state index is 13.2. The number of hydrogen-bond acceptors (Lipinski definition) is 3. The van der Waals surface area contributed by atoms with Gasteiger partial charge in [-0.2, -0.15) is 0 Å². The highest BCUT2D eigenvalue weighted by Gasteiger charge is 2.27. The normalized spacial score (nSPS) is 13.4. The van der Waals surface area contributed by atoms with E-state index in [2.05, 4.69) is 10.3 Å². The summed E-state index contributed by atoms with van der Waals surface area (Å²) in [6.07, 6.45) is 2.21. The lowest BCUT2D eigenvalue weighted by atomic mass is 10.0. The summed E-state index contributed by atoms with van der Waals surface area (Å²) in [5.74, 6) is -0.454. The number of aromatic amines is 1. The minimum Gasteiger partial charge on any atom is -0.462 e. The zero-order valence-electron chi connectivity index (χ0n) is 17.7. The van der Waals surface area contributed by atoms with E-state index in [1.165, 1.54) is 0 Å². The molecule has 2 amide bonds. The Balaban J connectivity index is 1.52. The van der Waals surface area contributed by atoms with E-state index < -0.39 is 5.97 Å². The molecule has 1 aliphatic rings. The fourth-order valence-corrected chi connectivity index (χ4v) is 4.25. The molecule has 0 fully saturated rings. The summed E-state index contributed by atoms with van der Waals surface area (Å²) < 4.78 is 5.31. The van der Waals surface area contributed by atoms with Gasteiger partial charge in [0.05, 0.1) is 23.6 Å². The van der Waals surface area contributed by atoms with Gasteiger partial charge in [-0.1, -0.05) is 54.6 Å². The van der Waals surface area contributed by atoms with Crippen molar-refractivity contribution >= 4 is 44.9 Å². The van der Waals surface area contributed by atoms with Crippen molar-refractivity contribution in [1.29, 1.82) is 0 Å². The molecule has 2 heterocycles. The minimum atomic E-state index is -0.454. The number of anilines is 1. The summed E-state index contributed by atoms with van der Waals surface area (Å²) in [4.78, 5) is 31.0. The summed E-state index contributed by atoms with van der Waals surface area (Å²) in [7, 11) is 0. The lowest BCUT2D eigenvalue weighted by Crippen LogP contribution is -2.32. The SMILES string of the molecule is CCOC(=O)C1=CN(C(=O)Nc2cccc3ccccc23)CCc2c1[nH]c1ccccc21. The Hall–Kier alpha value is -4.06. The number of nitrogens with zero attached hydrogens (tertiary/aromatic N) is 1. The average molecular weight is 425 g/mol. The first kappa shape index (κ1) is 19.9. The molecular formula is C26H23N3O3. The monoisotopic (exact) mass is 425 g/mol. The Kier molecular flexibility index (Phi) is 5.11. The number of carbonyl (C=O) groups excluding carboxylic acids is 2. The molecule has 5 rings (SSSR count). The van der Waals surface area contributed by atoms with Crippen LogP contribution >= 0.6 is 0 Å². The molecule has 6 heteroatoms. The van der Waals surface area contributed by atoms with Crippen molar-refractivity contribution < 1.29 is 14.3 Å². The van der Waals surface area contributed by atoms with Crippen LogP contribution in [0.1, 0.15) is 18.2 Å². The van der Waals surface area contributed by atoms with E-state index in [-0.39, 0.29) is 12.6 Å². The average Bonchev–Trinajstić information content (AvgIpc) is 3.06. The van der Waals surface area contributed by atoms with Gasteiger partial charge in [0, 0.05) is 29.0 Å². The highest BCUT2D eigenvalue weighted by Crippen LogP contribution is 2.32. The first-order chi connectivity index (χ1) is 15.7. The Morgan fingerprint density at radius 1 is 1.00 bits per heavy atom. The van der Waals surface area contributed by atoms with E-state index in [0.29, 0.717) is 24.2 Å². The minimum absolute atomic E-state index is 0.258. The maximum absolute atomic E-state index is 13.2. The summed E-state index contributed by atoms with van der Waals surface area (Å²) in [6, 6.07) is 21.3. The van der Waals surface area contributed by atoms with Gasteiger partial charge in [-0.3, -0.25) is 4.90 Å². The lowest BCUT2D eigenvalue weighted by Gasteiger charge is -2.19. The van der Waals surface area contributed by atoms with Crippen LogP contribution in [0.15, 0.2) is 72.9 Å². The number of hydrogen-bond donors (Lipinski definition) is 2. The molecule has 32 heavy (non-hydrogen) atoms. The molecule has 0 bridgehead atoms. The smallest absolute Gasteiger partial charge is 0.341 e. The number of esters is 1.